The van der Waals surface area contributed by atoms with E-state index in [1.807, 2.05) is 0 Å². The molecule has 11 heteroatoms. The molecule has 0 saturated heterocycles. The van der Waals surface area contributed by atoms with E-state index < -0.39 is 50.5 Å². The number of nitriles is 1. The first-order valence-electron chi connectivity index (χ1n) is 7.60. The highest BCUT2D eigenvalue weighted by atomic mass is 16.6. The van der Waals surface area contributed by atoms with Crippen LogP contribution in [0.2, 0.25) is 0 Å². The van der Waals surface area contributed by atoms with E-state index in [0.29, 0.717) is 11.6 Å². The summed E-state index contributed by atoms with van der Waals surface area (Å²) in [6, 6.07) is 4.09. The lowest BCUT2D eigenvalue weighted by molar-refractivity contribution is -0.386. The number of aliphatic hydroxyl groups excluding tert-OH is 1. The molecule has 0 atom stereocenters. The molecule has 1 amide bonds. The third-order valence-electron chi connectivity index (χ3n) is 3.87. The van der Waals surface area contributed by atoms with Crippen molar-refractivity contribution in [3.8, 4) is 17.6 Å². The van der Waals surface area contributed by atoms with Gasteiger partial charge in [-0.15, -0.1) is 0 Å². The third-order valence-corrected chi connectivity index (χ3v) is 3.87. The minimum Gasteiger partial charge on any atom is -0.506 e. The highest BCUT2D eigenvalue weighted by molar-refractivity contribution is 6.12. The number of nitro groups is 1. The molecular formula is C17H14N4O7. The molecule has 0 saturated carbocycles. The van der Waals surface area contributed by atoms with Crippen molar-refractivity contribution in [2.75, 3.05) is 11.9 Å². The fourth-order valence-corrected chi connectivity index (χ4v) is 2.40. The van der Waals surface area contributed by atoms with Crippen molar-refractivity contribution in [3.05, 3.63) is 61.6 Å². The molecular weight excluding hydrogens is 372 g/mol. The summed E-state index contributed by atoms with van der Waals surface area (Å²) in [6.07, 6.45) is 1.36. The lowest BCUT2D eigenvalue weighted by atomic mass is 10.1. The Hall–Kier alpha value is -4.33. The number of phenols is 2. The molecule has 0 unspecified atom stereocenters. The van der Waals surface area contributed by atoms with Crippen LogP contribution in [0.3, 0.4) is 0 Å². The topological polar surface area (TPSA) is 181 Å². The molecule has 0 aliphatic carbocycles. The number of aliphatic hydroxyl groups is 1. The number of nitrogens with one attached hydrogen (secondary N) is 1. The monoisotopic (exact) mass is 386 g/mol. The maximum atomic E-state index is 12.7. The number of anilines is 1. The molecule has 1 aromatic carbocycles. The Kier molecular flexibility index (Phi) is 5.36. The van der Waals surface area contributed by atoms with Crippen LogP contribution in [0.15, 0.2) is 34.8 Å². The van der Waals surface area contributed by atoms with Gasteiger partial charge in [0.05, 0.1) is 10.6 Å². The average Bonchev–Trinajstić information content (AvgIpc) is 2.65. The molecule has 1 heterocycles. The summed E-state index contributed by atoms with van der Waals surface area (Å²) >= 11 is 0. The summed E-state index contributed by atoms with van der Waals surface area (Å²) in [5, 5.41) is 49.7. The summed E-state index contributed by atoms with van der Waals surface area (Å²) in [5.41, 5.74) is -1.96. The zero-order chi connectivity index (χ0) is 21.2. The number of benzene rings is 1. The molecule has 11 nitrogen and oxygen atoms in total. The Morgan fingerprint density at radius 3 is 2.54 bits per heavy atom. The number of H-pyrrole nitrogens is 1. The van der Waals surface area contributed by atoms with Gasteiger partial charge in [-0.1, -0.05) is 0 Å². The van der Waals surface area contributed by atoms with Crippen LogP contribution in [0.5, 0.6) is 11.5 Å². The number of amides is 1. The van der Waals surface area contributed by atoms with E-state index in [1.165, 1.54) is 19.3 Å². The van der Waals surface area contributed by atoms with Crippen LogP contribution in [0.1, 0.15) is 11.1 Å². The zero-order valence-electron chi connectivity index (χ0n) is 14.6. The van der Waals surface area contributed by atoms with Gasteiger partial charge in [-0.2, -0.15) is 5.26 Å². The van der Waals surface area contributed by atoms with Gasteiger partial charge in [0, 0.05) is 30.9 Å². The van der Waals surface area contributed by atoms with E-state index in [9.17, 15) is 40.3 Å². The van der Waals surface area contributed by atoms with Crippen molar-refractivity contribution in [2.45, 2.75) is 6.92 Å². The lowest BCUT2D eigenvalue weighted by Crippen LogP contribution is -2.29. The van der Waals surface area contributed by atoms with Gasteiger partial charge in [-0.25, -0.2) is 0 Å². The van der Waals surface area contributed by atoms with Crippen molar-refractivity contribution < 1.29 is 25.0 Å². The molecule has 0 radical (unpaired) electrons. The minimum absolute atomic E-state index is 0.175. The van der Waals surface area contributed by atoms with Crippen molar-refractivity contribution in [1.29, 1.82) is 5.26 Å². The fourth-order valence-electron chi connectivity index (χ4n) is 2.40. The molecule has 0 aliphatic heterocycles. The number of pyridine rings is 1. The number of aromatic hydroxyl groups is 2. The number of hydrogen-bond acceptors (Lipinski definition) is 8. The lowest BCUT2D eigenvalue weighted by Gasteiger charge is -2.19. The number of aryl methyl sites for hydroxylation is 1. The fraction of sp³-hybridized carbons (Fsp3) is 0.118. The van der Waals surface area contributed by atoms with Crippen LogP contribution in [-0.2, 0) is 4.79 Å². The van der Waals surface area contributed by atoms with Gasteiger partial charge >= 0.3 is 5.69 Å². The zero-order valence-corrected chi connectivity index (χ0v) is 14.6. The predicted octanol–water partition coefficient (Wildman–Crippen LogP) is 1.46. The van der Waals surface area contributed by atoms with Crippen LogP contribution in [-0.4, -0.2) is 38.2 Å². The predicted molar refractivity (Wildman–Crippen MR) is 96.8 cm³/mol. The van der Waals surface area contributed by atoms with Crippen molar-refractivity contribution in [3.63, 3.8) is 0 Å². The van der Waals surface area contributed by atoms with E-state index in [2.05, 4.69) is 4.98 Å². The van der Waals surface area contributed by atoms with Crippen molar-refractivity contribution >= 4 is 23.0 Å². The molecule has 0 fully saturated rings. The summed E-state index contributed by atoms with van der Waals surface area (Å²) in [7, 11) is 1.27. The minimum atomic E-state index is -1.03. The standard InChI is InChI=1S/C17H14N4O7/c1-8-7-19-14(23)5-11(8)20(2)17(26)10(6-18)15(24)9-3-12(21(27)28)16(25)13(22)4-9/h3-5,7,22,24-25H,1-2H3,(H,19,23)/b15-10-. The smallest absolute Gasteiger partial charge is 0.315 e. The summed E-state index contributed by atoms with van der Waals surface area (Å²) in [4.78, 5) is 37.5. The second-order valence-electron chi connectivity index (χ2n) is 5.69. The molecule has 28 heavy (non-hydrogen) atoms. The van der Waals surface area contributed by atoms with Crippen molar-refractivity contribution in [2.24, 2.45) is 0 Å². The first-order chi connectivity index (χ1) is 13.1. The quantitative estimate of drug-likeness (QED) is 0.152. The first kappa shape index (κ1) is 20.0. The van der Waals surface area contributed by atoms with Gasteiger partial charge in [-0.05, 0) is 18.6 Å². The molecule has 0 aliphatic rings. The molecule has 2 rings (SSSR count). The number of nitrogens with zero attached hydrogens (tertiary/aromatic N) is 3. The Bertz CT molecular complexity index is 1110. The Morgan fingerprint density at radius 1 is 1.32 bits per heavy atom. The molecule has 1 aromatic heterocycles. The van der Waals surface area contributed by atoms with Crippen LogP contribution in [0, 0.1) is 28.4 Å². The van der Waals surface area contributed by atoms with E-state index in [4.69, 9.17) is 0 Å². The Labute approximate surface area is 157 Å². The highest BCUT2D eigenvalue weighted by Crippen LogP contribution is 2.38. The number of carbonyl (C=O) groups is 1. The normalized spacial score (nSPS) is 11.3. The first-order valence-corrected chi connectivity index (χ1v) is 7.60. The second kappa shape index (κ2) is 7.50. The van der Waals surface area contributed by atoms with Crippen LogP contribution < -0.4 is 10.5 Å². The molecule has 144 valence electrons. The number of likely N-dealkylation sites (N-methyl/N-ethyl adjacent to an activating group) is 1. The van der Waals surface area contributed by atoms with Gasteiger partial charge in [0.1, 0.15) is 11.8 Å². The number of aromatic nitrogens is 1. The molecule has 0 spiro atoms. The van der Waals surface area contributed by atoms with Gasteiger partial charge in [-0.3, -0.25) is 19.7 Å². The largest absolute Gasteiger partial charge is 0.506 e. The number of phenolic OH excluding ortho intramolecular Hbond substituents is 2. The van der Waals surface area contributed by atoms with Crippen LogP contribution >= 0.6 is 0 Å². The SMILES string of the molecule is Cc1c[nH]c(=O)cc1N(C)C(=O)/C(C#N)=C(\O)c1cc(O)c(O)c([N+](=O)[O-])c1. The van der Waals surface area contributed by atoms with E-state index in [0.717, 1.165) is 17.0 Å². The van der Waals surface area contributed by atoms with E-state index in [-0.39, 0.29) is 5.69 Å². The summed E-state index contributed by atoms with van der Waals surface area (Å²) < 4.78 is 0. The van der Waals surface area contributed by atoms with E-state index >= 15 is 0 Å². The Morgan fingerprint density at radius 2 is 1.96 bits per heavy atom. The van der Waals surface area contributed by atoms with Gasteiger partial charge < -0.3 is 25.2 Å². The second-order valence-corrected chi connectivity index (χ2v) is 5.69. The number of rotatable bonds is 4. The van der Waals surface area contributed by atoms with Gasteiger partial charge in [0.25, 0.3) is 5.91 Å². The third kappa shape index (κ3) is 3.61. The van der Waals surface area contributed by atoms with Gasteiger partial charge in [0.2, 0.25) is 11.3 Å². The molecule has 4 N–H and O–H groups in total. The Balaban J connectivity index is 2.59. The number of aromatic amines is 1. The van der Waals surface area contributed by atoms with Crippen LogP contribution in [0.4, 0.5) is 11.4 Å². The maximum absolute atomic E-state index is 12.7. The van der Waals surface area contributed by atoms with Crippen molar-refractivity contribution in [1.82, 2.24) is 4.98 Å². The molecule has 2 aromatic rings. The summed E-state index contributed by atoms with van der Waals surface area (Å²) in [6.45, 7) is 1.60. The molecule has 0 bridgehead atoms. The average molecular weight is 386 g/mol. The number of carbonyl (C=O) groups excluding carboxylic acids is 1. The number of hydrogen-bond donors (Lipinski definition) is 4. The summed E-state index contributed by atoms with van der Waals surface area (Å²) in [5.74, 6) is -3.88. The highest BCUT2D eigenvalue weighted by Gasteiger charge is 2.26. The van der Waals surface area contributed by atoms with Gasteiger partial charge in [0.15, 0.2) is 11.3 Å². The van der Waals surface area contributed by atoms with Crippen LogP contribution in [0.25, 0.3) is 5.76 Å². The number of nitro benzene ring substituents is 1. The maximum Gasteiger partial charge on any atom is 0.315 e. The van der Waals surface area contributed by atoms with E-state index in [1.54, 1.807) is 6.92 Å².